The fraction of sp³-hybridized carbons (Fsp3) is 0.833. The number of ether oxygens (including phenoxy) is 1. The Balaban J connectivity index is 2.49. The van der Waals surface area contributed by atoms with E-state index in [1.54, 1.807) is 0 Å². The van der Waals surface area contributed by atoms with Gasteiger partial charge < -0.3 is 9.84 Å². The summed E-state index contributed by atoms with van der Waals surface area (Å²) in [7, 11) is 0. The molecule has 2 heterocycles. The zero-order chi connectivity index (χ0) is 10.8. The Bertz CT molecular complexity index is 269. The van der Waals surface area contributed by atoms with E-state index < -0.39 is 5.60 Å². The van der Waals surface area contributed by atoms with Gasteiger partial charge in [-0.1, -0.05) is 26.0 Å². The minimum atomic E-state index is -0.661. The molecule has 0 radical (unpaired) electrons. The number of fused-ring (bicyclic) bond motifs is 2. The molecule has 2 bridgehead atoms. The SMILES string of the molecule is C[C@@H]1C2(C)C=CC(C)(O2)[C@H](C)C1(C)O. The summed E-state index contributed by atoms with van der Waals surface area (Å²) in [6, 6.07) is 0. The molecule has 2 heteroatoms. The summed E-state index contributed by atoms with van der Waals surface area (Å²) in [5, 5.41) is 10.5. The number of rotatable bonds is 0. The molecular formula is C12H20O2. The van der Waals surface area contributed by atoms with E-state index in [9.17, 15) is 5.11 Å². The molecule has 0 aromatic rings. The van der Waals surface area contributed by atoms with Crippen LogP contribution >= 0.6 is 0 Å². The zero-order valence-electron chi connectivity index (χ0n) is 9.66. The monoisotopic (exact) mass is 196 g/mol. The van der Waals surface area contributed by atoms with Gasteiger partial charge in [0.25, 0.3) is 0 Å². The minimum absolute atomic E-state index is 0.122. The lowest BCUT2D eigenvalue weighted by molar-refractivity contribution is -0.245. The first-order chi connectivity index (χ1) is 6.22. The topological polar surface area (TPSA) is 29.5 Å². The predicted octanol–water partition coefficient (Wildman–Crippen LogP) is 2.13. The second kappa shape index (κ2) is 2.42. The van der Waals surface area contributed by atoms with Crippen molar-refractivity contribution in [1.29, 1.82) is 0 Å². The van der Waals surface area contributed by atoms with Gasteiger partial charge in [-0.15, -0.1) is 0 Å². The van der Waals surface area contributed by atoms with Crippen LogP contribution in [0.1, 0.15) is 34.6 Å². The molecule has 2 rings (SSSR count). The van der Waals surface area contributed by atoms with Crippen molar-refractivity contribution in [3.05, 3.63) is 12.2 Å². The lowest BCUT2D eigenvalue weighted by Gasteiger charge is -2.54. The number of aliphatic hydroxyl groups is 1. The summed E-state index contributed by atoms with van der Waals surface area (Å²) < 4.78 is 6.06. The van der Waals surface area contributed by atoms with Crippen molar-refractivity contribution >= 4 is 0 Å². The van der Waals surface area contributed by atoms with E-state index in [0.29, 0.717) is 0 Å². The van der Waals surface area contributed by atoms with Gasteiger partial charge in [0.05, 0.1) is 16.8 Å². The molecule has 3 unspecified atom stereocenters. The Morgan fingerprint density at radius 3 is 1.71 bits per heavy atom. The van der Waals surface area contributed by atoms with Gasteiger partial charge in [0.2, 0.25) is 0 Å². The summed E-state index contributed by atoms with van der Waals surface area (Å²) in [6.45, 7) is 10.2. The number of hydrogen-bond donors (Lipinski definition) is 1. The summed E-state index contributed by atoms with van der Waals surface area (Å²) in [5.74, 6) is 0.244. The Labute approximate surface area is 86.0 Å². The van der Waals surface area contributed by atoms with Crippen LogP contribution in [0.5, 0.6) is 0 Å². The molecule has 0 saturated carbocycles. The largest absolute Gasteiger partial charge is 0.389 e. The lowest BCUT2D eigenvalue weighted by atomic mass is 9.67. The van der Waals surface area contributed by atoms with Crippen molar-refractivity contribution in [3.8, 4) is 0 Å². The first-order valence-corrected chi connectivity index (χ1v) is 5.35. The van der Waals surface area contributed by atoms with Gasteiger partial charge in [0.15, 0.2) is 0 Å². The molecule has 1 saturated heterocycles. The standard InChI is InChI=1S/C12H20O2/c1-8-10(3)6-7-11(4,14-10)9(2)12(8,5)13/h6-9,13H,1-5H3/t8-,9+,10?,11?,12?. The highest BCUT2D eigenvalue weighted by atomic mass is 16.5. The average molecular weight is 196 g/mol. The van der Waals surface area contributed by atoms with E-state index in [-0.39, 0.29) is 23.0 Å². The molecular weight excluding hydrogens is 176 g/mol. The van der Waals surface area contributed by atoms with Crippen molar-refractivity contribution in [3.63, 3.8) is 0 Å². The fourth-order valence-electron chi connectivity index (χ4n) is 2.87. The maximum absolute atomic E-state index is 10.5. The first kappa shape index (κ1) is 10.2. The third-order valence-corrected chi connectivity index (χ3v) is 4.66. The molecule has 2 nitrogen and oxygen atoms in total. The first-order valence-electron chi connectivity index (χ1n) is 5.35. The van der Waals surface area contributed by atoms with Crippen molar-refractivity contribution < 1.29 is 9.84 Å². The van der Waals surface area contributed by atoms with Crippen molar-refractivity contribution in [2.24, 2.45) is 11.8 Å². The van der Waals surface area contributed by atoms with Gasteiger partial charge in [0, 0.05) is 11.8 Å². The van der Waals surface area contributed by atoms with Crippen LogP contribution in [-0.2, 0) is 4.74 Å². The third kappa shape index (κ3) is 0.986. The second-order valence-corrected chi connectivity index (χ2v) is 5.47. The molecule has 14 heavy (non-hydrogen) atoms. The molecule has 0 spiro atoms. The lowest BCUT2D eigenvalue weighted by Crippen LogP contribution is -2.62. The molecule has 2 aliphatic heterocycles. The van der Waals surface area contributed by atoms with Gasteiger partial charge in [-0.3, -0.25) is 0 Å². The quantitative estimate of drug-likeness (QED) is 0.601. The van der Waals surface area contributed by atoms with Crippen LogP contribution in [0.15, 0.2) is 12.2 Å². The predicted molar refractivity (Wildman–Crippen MR) is 56.0 cm³/mol. The van der Waals surface area contributed by atoms with Crippen molar-refractivity contribution in [2.45, 2.75) is 51.4 Å². The van der Waals surface area contributed by atoms with Gasteiger partial charge in [-0.2, -0.15) is 0 Å². The molecule has 1 N–H and O–H groups in total. The summed E-state index contributed by atoms with van der Waals surface area (Å²) in [6.07, 6.45) is 4.21. The summed E-state index contributed by atoms with van der Waals surface area (Å²) in [4.78, 5) is 0. The van der Waals surface area contributed by atoms with Crippen LogP contribution in [0.2, 0.25) is 0 Å². The smallest absolute Gasteiger partial charge is 0.0900 e. The second-order valence-electron chi connectivity index (χ2n) is 5.47. The Hall–Kier alpha value is -0.340. The van der Waals surface area contributed by atoms with E-state index in [0.717, 1.165) is 0 Å². The Kier molecular flexibility index (Phi) is 1.76. The van der Waals surface area contributed by atoms with Crippen molar-refractivity contribution in [1.82, 2.24) is 0 Å². The van der Waals surface area contributed by atoms with Crippen LogP contribution in [-0.4, -0.2) is 21.9 Å². The van der Waals surface area contributed by atoms with Crippen LogP contribution in [0.4, 0.5) is 0 Å². The van der Waals surface area contributed by atoms with E-state index in [2.05, 4.69) is 39.8 Å². The third-order valence-electron chi connectivity index (χ3n) is 4.66. The fourth-order valence-corrected chi connectivity index (χ4v) is 2.87. The molecule has 0 amide bonds. The van der Waals surface area contributed by atoms with Crippen LogP contribution < -0.4 is 0 Å². The van der Waals surface area contributed by atoms with E-state index in [1.165, 1.54) is 0 Å². The molecule has 0 aromatic carbocycles. The molecule has 0 aromatic heterocycles. The van der Waals surface area contributed by atoms with E-state index in [1.807, 2.05) is 6.92 Å². The molecule has 1 fully saturated rings. The van der Waals surface area contributed by atoms with Crippen molar-refractivity contribution in [2.75, 3.05) is 0 Å². The minimum Gasteiger partial charge on any atom is -0.389 e. The van der Waals surface area contributed by atoms with E-state index >= 15 is 0 Å². The zero-order valence-corrected chi connectivity index (χ0v) is 9.66. The van der Waals surface area contributed by atoms with Crippen LogP contribution in [0.25, 0.3) is 0 Å². The van der Waals surface area contributed by atoms with Gasteiger partial charge >= 0.3 is 0 Å². The Morgan fingerprint density at radius 1 is 1.00 bits per heavy atom. The van der Waals surface area contributed by atoms with Gasteiger partial charge in [-0.05, 0) is 20.8 Å². The average Bonchev–Trinajstić information content (AvgIpc) is 2.39. The van der Waals surface area contributed by atoms with Gasteiger partial charge in [-0.25, -0.2) is 0 Å². The normalized spacial score (nSPS) is 61.9. The highest BCUT2D eigenvalue weighted by molar-refractivity contribution is 5.26. The van der Waals surface area contributed by atoms with Crippen LogP contribution in [0, 0.1) is 11.8 Å². The molecule has 0 aliphatic carbocycles. The maximum Gasteiger partial charge on any atom is 0.0900 e. The highest BCUT2D eigenvalue weighted by Crippen LogP contribution is 2.53. The molecule has 5 atom stereocenters. The molecule has 2 aliphatic rings. The summed E-state index contributed by atoms with van der Waals surface area (Å²) in [5.41, 5.74) is -1.26. The maximum atomic E-state index is 10.5. The van der Waals surface area contributed by atoms with Crippen LogP contribution in [0.3, 0.4) is 0 Å². The Morgan fingerprint density at radius 2 is 1.36 bits per heavy atom. The number of hydrogen-bond acceptors (Lipinski definition) is 2. The van der Waals surface area contributed by atoms with Gasteiger partial charge in [0.1, 0.15) is 0 Å². The summed E-state index contributed by atoms with van der Waals surface area (Å²) >= 11 is 0. The molecule has 80 valence electrons. The van der Waals surface area contributed by atoms with E-state index in [4.69, 9.17) is 4.74 Å². The highest BCUT2D eigenvalue weighted by Gasteiger charge is 2.60.